The van der Waals surface area contributed by atoms with Crippen LogP contribution < -0.4 is 10.6 Å². The summed E-state index contributed by atoms with van der Waals surface area (Å²) in [5.41, 5.74) is 0.362. The van der Waals surface area contributed by atoms with Crippen LogP contribution in [0.25, 0.3) is 0 Å². The maximum atomic E-state index is 12.0. The summed E-state index contributed by atoms with van der Waals surface area (Å²) < 4.78 is 6.42. The molecule has 2 heterocycles. The fourth-order valence-electron chi connectivity index (χ4n) is 2.15. The van der Waals surface area contributed by atoms with Gasteiger partial charge in [0.1, 0.15) is 6.54 Å². The van der Waals surface area contributed by atoms with Crippen molar-refractivity contribution in [3.63, 3.8) is 0 Å². The molecule has 146 valence electrons. The molecule has 2 aromatic heterocycles. The van der Waals surface area contributed by atoms with Crippen LogP contribution >= 0.6 is 34.8 Å². The molecule has 0 spiro atoms. The van der Waals surface area contributed by atoms with E-state index in [1.54, 1.807) is 12.3 Å². The Morgan fingerprint density at radius 1 is 1.07 bits per heavy atom. The number of halogens is 3. The number of carbonyl (C=O) groups is 2. The van der Waals surface area contributed by atoms with Gasteiger partial charge in [-0.1, -0.05) is 40.0 Å². The van der Waals surface area contributed by atoms with Crippen molar-refractivity contribution >= 4 is 46.6 Å². The van der Waals surface area contributed by atoms with Crippen molar-refractivity contribution in [2.45, 2.75) is 6.54 Å². The number of nitrogens with zero attached hydrogens (tertiary/aromatic N) is 4. The maximum absolute atomic E-state index is 12.0. The molecule has 28 heavy (non-hydrogen) atoms. The Morgan fingerprint density at radius 3 is 2.50 bits per heavy atom. The summed E-state index contributed by atoms with van der Waals surface area (Å²) in [5.74, 6) is -0.811. The molecule has 0 radical (unpaired) electrons. The van der Waals surface area contributed by atoms with E-state index in [2.05, 4.69) is 25.9 Å². The summed E-state index contributed by atoms with van der Waals surface area (Å²) in [4.78, 5) is 28.0. The lowest BCUT2D eigenvalue weighted by Gasteiger charge is -2.06. The van der Waals surface area contributed by atoms with E-state index in [-0.39, 0.29) is 42.3 Å². The van der Waals surface area contributed by atoms with Gasteiger partial charge in [0.15, 0.2) is 5.82 Å². The van der Waals surface area contributed by atoms with E-state index < -0.39 is 5.91 Å². The molecule has 1 aromatic carbocycles. The van der Waals surface area contributed by atoms with Gasteiger partial charge >= 0.3 is 11.8 Å². The Morgan fingerprint density at radius 2 is 1.82 bits per heavy atom. The standard InChI is InChI=1S/C16H13Cl3N6O3/c17-10-6-22-25(7-10)8-13-23-16(28-24-13)15(27)21-4-3-20-14(26)9-1-2-11(18)12(19)5-9/h1-2,5-7H,3-4,8H2,(H,20,26)(H,21,27). The molecule has 0 aliphatic heterocycles. The fraction of sp³-hybridized carbons (Fsp3) is 0.188. The highest BCUT2D eigenvalue weighted by Gasteiger charge is 2.15. The molecule has 3 rings (SSSR count). The fourth-order valence-corrected chi connectivity index (χ4v) is 2.60. The number of carbonyl (C=O) groups excluding carboxylic acids is 2. The highest BCUT2D eigenvalue weighted by atomic mass is 35.5. The van der Waals surface area contributed by atoms with Crippen molar-refractivity contribution in [1.29, 1.82) is 0 Å². The van der Waals surface area contributed by atoms with Crippen molar-refractivity contribution in [1.82, 2.24) is 30.6 Å². The van der Waals surface area contributed by atoms with Crippen LogP contribution in [0.4, 0.5) is 0 Å². The first-order chi connectivity index (χ1) is 13.4. The molecule has 2 N–H and O–H groups in total. The number of hydrogen-bond acceptors (Lipinski definition) is 6. The average molecular weight is 444 g/mol. The summed E-state index contributed by atoms with van der Waals surface area (Å²) in [5, 5.41) is 14.0. The number of nitrogens with one attached hydrogen (secondary N) is 2. The highest BCUT2D eigenvalue weighted by Crippen LogP contribution is 2.22. The van der Waals surface area contributed by atoms with Gasteiger partial charge in [0.2, 0.25) is 0 Å². The molecule has 12 heteroatoms. The Kier molecular flexibility index (Phi) is 6.50. The van der Waals surface area contributed by atoms with E-state index >= 15 is 0 Å². The summed E-state index contributed by atoms with van der Waals surface area (Å²) in [6, 6.07) is 4.55. The summed E-state index contributed by atoms with van der Waals surface area (Å²) >= 11 is 17.5. The van der Waals surface area contributed by atoms with Crippen LogP contribution in [0.2, 0.25) is 15.1 Å². The smallest absolute Gasteiger partial charge is 0.316 e. The minimum atomic E-state index is -0.555. The Balaban J connectivity index is 1.44. The van der Waals surface area contributed by atoms with E-state index in [0.29, 0.717) is 15.6 Å². The van der Waals surface area contributed by atoms with E-state index in [1.165, 1.54) is 23.0 Å². The zero-order chi connectivity index (χ0) is 20.1. The molecule has 0 saturated heterocycles. The predicted octanol–water partition coefficient (Wildman–Crippen LogP) is 2.43. The molecule has 2 amide bonds. The maximum Gasteiger partial charge on any atom is 0.316 e. The molecule has 0 atom stereocenters. The quantitative estimate of drug-likeness (QED) is 0.542. The van der Waals surface area contributed by atoms with E-state index in [4.69, 9.17) is 39.3 Å². The van der Waals surface area contributed by atoms with Gasteiger partial charge in [0.25, 0.3) is 5.91 Å². The molecule has 9 nitrogen and oxygen atoms in total. The third-order valence-electron chi connectivity index (χ3n) is 3.45. The average Bonchev–Trinajstić information content (AvgIpc) is 3.30. The molecular formula is C16H13Cl3N6O3. The third kappa shape index (κ3) is 5.22. The molecule has 0 aliphatic rings. The number of hydrogen-bond donors (Lipinski definition) is 2. The summed E-state index contributed by atoms with van der Waals surface area (Å²) in [7, 11) is 0. The Bertz CT molecular complexity index is 1000. The van der Waals surface area contributed by atoms with Crippen LogP contribution in [0.15, 0.2) is 35.1 Å². The zero-order valence-corrected chi connectivity index (χ0v) is 16.4. The number of benzene rings is 1. The van der Waals surface area contributed by atoms with Crippen LogP contribution in [-0.2, 0) is 6.54 Å². The second-order valence-electron chi connectivity index (χ2n) is 5.51. The lowest BCUT2D eigenvalue weighted by atomic mass is 10.2. The van der Waals surface area contributed by atoms with Gasteiger partial charge in [-0.25, -0.2) is 0 Å². The van der Waals surface area contributed by atoms with Crippen LogP contribution in [-0.4, -0.2) is 44.8 Å². The first kappa shape index (κ1) is 20.1. The van der Waals surface area contributed by atoms with Crippen LogP contribution in [0.5, 0.6) is 0 Å². The van der Waals surface area contributed by atoms with Crippen LogP contribution in [0.1, 0.15) is 26.9 Å². The van der Waals surface area contributed by atoms with Crippen LogP contribution in [0.3, 0.4) is 0 Å². The zero-order valence-electron chi connectivity index (χ0n) is 14.2. The van der Waals surface area contributed by atoms with Crippen molar-refractivity contribution < 1.29 is 14.1 Å². The predicted molar refractivity (Wildman–Crippen MR) is 102 cm³/mol. The molecular weight excluding hydrogens is 431 g/mol. The normalized spacial score (nSPS) is 10.7. The molecule has 0 unspecified atom stereocenters. The van der Waals surface area contributed by atoms with E-state index in [1.807, 2.05) is 0 Å². The third-order valence-corrected chi connectivity index (χ3v) is 4.38. The Hall–Kier alpha value is -2.62. The van der Waals surface area contributed by atoms with Crippen molar-refractivity contribution in [2.24, 2.45) is 0 Å². The van der Waals surface area contributed by atoms with Gasteiger partial charge in [-0.05, 0) is 18.2 Å². The molecule has 0 bridgehead atoms. The lowest BCUT2D eigenvalue weighted by molar-refractivity contribution is 0.0898. The van der Waals surface area contributed by atoms with Crippen LogP contribution in [0, 0.1) is 0 Å². The number of aromatic nitrogens is 4. The molecule has 0 aliphatic carbocycles. The van der Waals surface area contributed by atoms with Crippen molar-refractivity contribution in [2.75, 3.05) is 13.1 Å². The van der Waals surface area contributed by atoms with Crippen molar-refractivity contribution in [3.05, 3.63) is 62.9 Å². The van der Waals surface area contributed by atoms with Gasteiger partial charge in [0, 0.05) is 24.8 Å². The van der Waals surface area contributed by atoms with E-state index in [9.17, 15) is 9.59 Å². The first-order valence-corrected chi connectivity index (χ1v) is 9.08. The Labute approximate surface area is 173 Å². The SMILES string of the molecule is O=C(NCCNC(=O)c1nc(Cn2cc(Cl)cn2)no1)c1ccc(Cl)c(Cl)c1. The van der Waals surface area contributed by atoms with Gasteiger partial charge in [0.05, 0.1) is 21.3 Å². The summed E-state index contributed by atoms with van der Waals surface area (Å²) in [6.07, 6.45) is 3.07. The monoisotopic (exact) mass is 442 g/mol. The minimum Gasteiger partial charge on any atom is -0.350 e. The second kappa shape index (κ2) is 9.05. The largest absolute Gasteiger partial charge is 0.350 e. The van der Waals surface area contributed by atoms with E-state index in [0.717, 1.165) is 0 Å². The minimum absolute atomic E-state index is 0.165. The number of amides is 2. The molecule has 3 aromatic rings. The number of rotatable bonds is 7. The second-order valence-corrected chi connectivity index (χ2v) is 6.76. The van der Waals surface area contributed by atoms with Crippen molar-refractivity contribution in [3.8, 4) is 0 Å². The first-order valence-electron chi connectivity index (χ1n) is 7.94. The molecule has 0 saturated carbocycles. The van der Waals surface area contributed by atoms with Gasteiger partial charge in [-0.2, -0.15) is 10.1 Å². The van der Waals surface area contributed by atoms with Gasteiger partial charge in [-0.15, -0.1) is 0 Å². The molecule has 0 fully saturated rings. The van der Waals surface area contributed by atoms with Gasteiger partial charge < -0.3 is 15.2 Å². The summed E-state index contributed by atoms with van der Waals surface area (Å²) in [6.45, 7) is 0.569. The highest BCUT2D eigenvalue weighted by molar-refractivity contribution is 6.42. The van der Waals surface area contributed by atoms with Gasteiger partial charge in [-0.3, -0.25) is 14.3 Å². The lowest BCUT2D eigenvalue weighted by Crippen LogP contribution is -2.34. The topological polar surface area (TPSA) is 115 Å².